The van der Waals surface area contributed by atoms with Crippen LogP contribution < -0.4 is 14.4 Å². The predicted molar refractivity (Wildman–Crippen MR) is 111 cm³/mol. The lowest BCUT2D eigenvalue weighted by molar-refractivity contribution is -0.0692. The molecule has 0 bridgehead atoms. The van der Waals surface area contributed by atoms with Crippen molar-refractivity contribution >= 4 is 11.4 Å². The lowest BCUT2D eigenvalue weighted by Gasteiger charge is -2.28. The standard InChI is InChI=1S/C23H22F4N2O3/c1-23(2,30)16-6-3-7-17(11-16)29(14-15-5-4-10-28-13-15)18-8-9-19(31-21(24)25)20(12-18)32-22(26)27/h3-13,21-22,30H,14H2,1-2H3. The molecule has 9 heteroatoms. The summed E-state index contributed by atoms with van der Waals surface area (Å²) in [6.07, 6.45) is 3.27. The van der Waals surface area contributed by atoms with Crippen LogP contribution in [0.2, 0.25) is 0 Å². The molecule has 1 aromatic heterocycles. The van der Waals surface area contributed by atoms with Crippen LogP contribution in [0.3, 0.4) is 0 Å². The third-order valence-electron chi connectivity index (χ3n) is 4.60. The zero-order valence-corrected chi connectivity index (χ0v) is 17.4. The summed E-state index contributed by atoms with van der Waals surface area (Å²) in [6, 6.07) is 14.5. The van der Waals surface area contributed by atoms with Gasteiger partial charge >= 0.3 is 13.2 Å². The van der Waals surface area contributed by atoms with E-state index < -0.39 is 30.3 Å². The molecule has 3 rings (SSSR count). The maximum Gasteiger partial charge on any atom is 0.387 e. The quantitative estimate of drug-likeness (QED) is 0.415. The van der Waals surface area contributed by atoms with Crippen molar-refractivity contribution in [3.05, 3.63) is 78.1 Å². The number of anilines is 2. The summed E-state index contributed by atoms with van der Waals surface area (Å²) in [5.74, 6) is -1.02. The number of benzene rings is 2. The molecule has 3 aromatic rings. The topological polar surface area (TPSA) is 54.8 Å². The van der Waals surface area contributed by atoms with Gasteiger partial charge in [0.1, 0.15) is 0 Å². The molecule has 2 aromatic carbocycles. The van der Waals surface area contributed by atoms with Crippen molar-refractivity contribution < 1.29 is 32.1 Å². The Balaban J connectivity index is 2.09. The molecule has 0 spiro atoms. The number of aromatic nitrogens is 1. The molecule has 0 aliphatic rings. The van der Waals surface area contributed by atoms with Gasteiger partial charge in [-0.3, -0.25) is 4.98 Å². The minimum absolute atomic E-state index is 0.284. The molecule has 0 atom stereocenters. The van der Waals surface area contributed by atoms with E-state index in [1.165, 1.54) is 12.1 Å². The fourth-order valence-electron chi connectivity index (χ4n) is 3.11. The minimum Gasteiger partial charge on any atom is -0.431 e. The summed E-state index contributed by atoms with van der Waals surface area (Å²) in [5.41, 5.74) is 1.35. The van der Waals surface area contributed by atoms with Crippen LogP contribution in [-0.4, -0.2) is 23.3 Å². The molecule has 0 radical (unpaired) electrons. The van der Waals surface area contributed by atoms with Crippen molar-refractivity contribution in [3.8, 4) is 11.5 Å². The summed E-state index contributed by atoms with van der Waals surface area (Å²) in [5, 5.41) is 10.4. The number of pyridine rings is 1. The number of aliphatic hydroxyl groups is 1. The van der Waals surface area contributed by atoms with Crippen LogP contribution in [0.4, 0.5) is 28.9 Å². The molecule has 5 nitrogen and oxygen atoms in total. The van der Waals surface area contributed by atoms with Crippen molar-refractivity contribution in [1.82, 2.24) is 4.98 Å². The van der Waals surface area contributed by atoms with Crippen LogP contribution >= 0.6 is 0 Å². The third kappa shape index (κ3) is 6.10. The molecule has 0 saturated carbocycles. The normalized spacial score (nSPS) is 11.7. The van der Waals surface area contributed by atoms with E-state index in [1.807, 2.05) is 6.07 Å². The maximum atomic E-state index is 12.9. The number of rotatable bonds is 9. The Morgan fingerprint density at radius 2 is 1.59 bits per heavy atom. The first-order chi connectivity index (χ1) is 15.1. The van der Waals surface area contributed by atoms with E-state index in [0.717, 1.165) is 11.6 Å². The van der Waals surface area contributed by atoms with Crippen molar-refractivity contribution in [2.75, 3.05) is 4.90 Å². The molecule has 0 fully saturated rings. The van der Waals surface area contributed by atoms with Crippen LogP contribution in [0.5, 0.6) is 11.5 Å². The van der Waals surface area contributed by atoms with Crippen LogP contribution in [0.15, 0.2) is 67.0 Å². The molecule has 1 N–H and O–H groups in total. The first-order valence-corrected chi connectivity index (χ1v) is 9.66. The van der Waals surface area contributed by atoms with Crippen LogP contribution in [-0.2, 0) is 12.1 Å². The lowest BCUT2D eigenvalue weighted by Crippen LogP contribution is -2.20. The fourth-order valence-corrected chi connectivity index (χ4v) is 3.11. The Labute approximate surface area is 182 Å². The minimum atomic E-state index is -3.23. The Morgan fingerprint density at radius 1 is 0.906 bits per heavy atom. The van der Waals surface area contributed by atoms with Gasteiger partial charge in [-0.05, 0) is 55.3 Å². The summed E-state index contributed by atoms with van der Waals surface area (Å²) < 4.78 is 60.0. The molecule has 32 heavy (non-hydrogen) atoms. The van der Waals surface area contributed by atoms with Gasteiger partial charge in [-0.25, -0.2) is 0 Å². The zero-order chi connectivity index (χ0) is 23.3. The Hall–Kier alpha value is -3.33. The summed E-state index contributed by atoms with van der Waals surface area (Å²) in [6.45, 7) is -2.86. The van der Waals surface area contributed by atoms with Gasteiger partial charge in [-0.1, -0.05) is 18.2 Å². The Bertz CT molecular complexity index is 1030. The molecule has 0 aliphatic heterocycles. The van der Waals surface area contributed by atoms with Gasteiger partial charge in [0, 0.05) is 36.4 Å². The van der Waals surface area contributed by atoms with E-state index in [-0.39, 0.29) is 6.54 Å². The molecule has 170 valence electrons. The Kier molecular flexibility index (Phi) is 7.19. The van der Waals surface area contributed by atoms with Gasteiger partial charge in [-0.15, -0.1) is 0 Å². The monoisotopic (exact) mass is 450 g/mol. The van der Waals surface area contributed by atoms with Crippen LogP contribution in [0, 0.1) is 0 Å². The van der Waals surface area contributed by atoms with Gasteiger partial charge in [-0.2, -0.15) is 17.6 Å². The summed E-state index contributed by atoms with van der Waals surface area (Å²) in [4.78, 5) is 5.85. The first kappa shape index (κ1) is 23.3. The number of halogens is 4. The van der Waals surface area contributed by atoms with Gasteiger partial charge in [0.25, 0.3) is 0 Å². The van der Waals surface area contributed by atoms with E-state index in [1.54, 1.807) is 61.5 Å². The number of ether oxygens (including phenoxy) is 2. The van der Waals surface area contributed by atoms with E-state index in [9.17, 15) is 22.7 Å². The largest absolute Gasteiger partial charge is 0.431 e. The molecule has 1 heterocycles. The number of nitrogens with zero attached hydrogens (tertiary/aromatic N) is 2. The van der Waals surface area contributed by atoms with Gasteiger partial charge in [0.2, 0.25) is 0 Å². The molecule has 0 unspecified atom stereocenters. The van der Waals surface area contributed by atoms with E-state index in [2.05, 4.69) is 14.5 Å². The smallest absolute Gasteiger partial charge is 0.387 e. The third-order valence-corrected chi connectivity index (χ3v) is 4.60. The van der Waals surface area contributed by atoms with E-state index >= 15 is 0 Å². The molecule has 0 saturated heterocycles. The number of hydrogen-bond acceptors (Lipinski definition) is 5. The lowest BCUT2D eigenvalue weighted by atomic mass is 9.97. The number of hydrogen-bond donors (Lipinski definition) is 1. The fraction of sp³-hybridized carbons (Fsp3) is 0.261. The number of alkyl halides is 4. The van der Waals surface area contributed by atoms with Crippen molar-refractivity contribution in [2.45, 2.75) is 39.2 Å². The molecule has 0 aliphatic carbocycles. The first-order valence-electron chi connectivity index (χ1n) is 9.66. The SMILES string of the molecule is CC(C)(O)c1cccc(N(Cc2cccnc2)c2ccc(OC(F)F)c(OC(F)F)c2)c1. The average Bonchev–Trinajstić information content (AvgIpc) is 2.73. The summed E-state index contributed by atoms with van der Waals surface area (Å²) in [7, 11) is 0. The van der Waals surface area contributed by atoms with Crippen molar-refractivity contribution in [2.24, 2.45) is 0 Å². The Morgan fingerprint density at radius 3 is 2.22 bits per heavy atom. The van der Waals surface area contributed by atoms with Gasteiger partial charge in [0.05, 0.1) is 5.60 Å². The predicted octanol–water partition coefficient (Wildman–Crippen LogP) is 5.85. The van der Waals surface area contributed by atoms with Crippen LogP contribution in [0.25, 0.3) is 0 Å². The highest BCUT2D eigenvalue weighted by Gasteiger charge is 2.21. The van der Waals surface area contributed by atoms with E-state index in [4.69, 9.17) is 0 Å². The van der Waals surface area contributed by atoms with Gasteiger partial charge in [0.15, 0.2) is 11.5 Å². The second kappa shape index (κ2) is 9.86. The average molecular weight is 450 g/mol. The van der Waals surface area contributed by atoms with E-state index in [0.29, 0.717) is 16.9 Å². The zero-order valence-electron chi connectivity index (χ0n) is 17.4. The highest BCUT2D eigenvalue weighted by Crippen LogP contribution is 2.38. The molecular formula is C23H22F4N2O3. The van der Waals surface area contributed by atoms with Crippen molar-refractivity contribution in [3.63, 3.8) is 0 Å². The second-order valence-electron chi connectivity index (χ2n) is 7.44. The molecular weight excluding hydrogens is 428 g/mol. The highest BCUT2D eigenvalue weighted by atomic mass is 19.3. The maximum absolute atomic E-state index is 12.9. The summed E-state index contributed by atoms with van der Waals surface area (Å²) >= 11 is 0. The van der Waals surface area contributed by atoms with Crippen LogP contribution in [0.1, 0.15) is 25.0 Å². The second-order valence-corrected chi connectivity index (χ2v) is 7.44. The molecule has 0 amide bonds. The van der Waals surface area contributed by atoms with Gasteiger partial charge < -0.3 is 19.5 Å². The highest BCUT2D eigenvalue weighted by molar-refractivity contribution is 5.67. The van der Waals surface area contributed by atoms with Crippen molar-refractivity contribution in [1.29, 1.82) is 0 Å².